The predicted octanol–water partition coefficient (Wildman–Crippen LogP) is 2.53. The van der Waals surface area contributed by atoms with Gasteiger partial charge in [0.2, 0.25) is 0 Å². The molecule has 0 bridgehead atoms. The molecular weight excluding hydrogens is 362 g/mol. The number of rotatable bonds is 5. The monoisotopic (exact) mass is 395 g/mol. The van der Waals surface area contributed by atoms with Gasteiger partial charge in [-0.05, 0) is 64.6 Å². The summed E-state index contributed by atoms with van der Waals surface area (Å²) < 4.78 is 1.86. The Morgan fingerprint density at radius 3 is 2.59 bits per heavy atom. The normalized spacial score (nSPS) is 24.6. The maximum Gasteiger partial charge on any atom is 0.150 e. The second kappa shape index (κ2) is 7.92. The fourth-order valence-corrected chi connectivity index (χ4v) is 5.07. The molecule has 0 radical (unpaired) electrons. The first-order valence-electron chi connectivity index (χ1n) is 10.7. The van der Waals surface area contributed by atoms with Crippen molar-refractivity contribution in [3.05, 3.63) is 52.6 Å². The van der Waals surface area contributed by atoms with Crippen LogP contribution in [0.2, 0.25) is 0 Å². The first-order chi connectivity index (χ1) is 13.9. The van der Waals surface area contributed by atoms with Gasteiger partial charge in [-0.15, -0.1) is 0 Å². The molecular formula is C23H33N5O. The maximum atomic E-state index is 11.8. The molecule has 0 aromatic carbocycles. The lowest BCUT2D eigenvalue weighted by molar-refractivity contribution is -0.104. The molecule has 0 N–H and O–H groups in total. The highest BCUT2D eigenvalue weighted by Crippen LogP contribution is 2.39. The SMILES string of the molecule is CC1=C(C(C)N2CCC(N(C)C)CC2)N2CC(c3ccn(C)n3)C=C2C=C1C=O. The van der Waals surface area contributed by atoms with E-state index in [2.05, 4.69) is 59.9 Å². The number of carbonyl (C=O) groups is 1. The van der Waals surface area contributed by atoms with E-state index in [9.17, 15) is 4.79 Å². The summed E-state index contributed by atoms with van der Waals surface area (Å²) in [7, 11) is 6.31. The van der Waals surface area contributed by atoms with Crippen LogP contribution in [-0.4, -0.2) is 76.6 Å². The smallest absolute Gasteiger partial charge is 0.150 e. The number of hydrogen-bond donors (Lipinski definition) is 0. The van der Waals surface area contributed by atoms with Gasteiger partial charge >= 0.3 is 0 Å². The molecule has 0 spiro atoms. The van der Waals surface area contributed by atoms with Crippen molar-refractivity contribution in [2.45, 2.75) is 44.7 Å². The number of allylic oxidation sites excluding steroid dienone is 3. The first kappa shape index (κ1) is 20.1. The fourth-order valence-electron chi connectivity index (χ4n) is 5.07. The largest absolute Gasteiger partial charge is 0.343 e. The van der Waals surface area contributed by atoms with Crippen molar-refractivity contribution >= 4 is 6.29 Å². The third kappa shape index (κ3) is 3.71. The van der Waals surface area contributed by atoms with E-state index in [0.717, 1.165) is 48.5 Å². The average molecular weight is 396 g/mol. The molecule has 1 fully saturated rings. The number of aromatic nitrogens is 2. The Bertz CT molecular complexity index is 870. The quantitative estimate of drug-likeness (QED) is 0.717. The summed E-state index contributed by atoms with van der Waals surface area (Å²) in [5.41, 5.74) is 5.42. The summed E-state index contributed by atoms with van der Waals surface area (Å²) in [5, 5.41) is 4.62. The van der Waals surface area contributed by atoms with Gasteiger partial charge in [0.05, 0.1) is 5.69 Å². The van der Waals surface area contributed by atoms with E-state index in [1.807, 2.05) is 24.0 Å². The number of fused-ring (bicyclic) bond motifs is 1. The number of piperidine rings is 1. The van der Waals surface area contributed by atoms with E-state index in [4.69, 9.17) is 0 Å². The van der Waals surface area contributed by atoms with Crippen LogP contribution in [0.3, 0.4) is 0 Å². The third-order valence-electron chi connectivity index (χ3n) is 6.89. The van der Waals surface area contributed by atoms with Crippen LogP contribution < -0.4 is 0 Å². The Balaban J connectivity index is 1.59. The molecule has 29 heavy (non-hydrogen) atoms. The average Bonchev–Trinajstić information content (AvgIpc) is 3.33. The van der Waals surface area contributed by atoms with E-state index in [1.165, 1.54) is 18.5 Å². The van der Waals surface area contributed by atoms with Gasteiger partial charge in [0.1, 0.15) is 6.29 Å². The summed E-state index contributed by atoms with van der Waals surface area (Å²) in [5.74, 6) is 0.253. The lowest BCUT2D eigenvalue weighted by Crippen LogP contribution is -2.48. The van der Waals surface area contributed by atoms with E-state index in [0.29, 0.717) is 6.04 Å². The molecule has 3 aliphatic heterocycles. The number of likely N-dealkylation sites (tertiary alicyclic amines) is 1. The Morgan fingerprint density at radius 1 is 1.28 bits per heavy atom. The number of aldehydes is 1. The van der Waals surface area contributed by atoms with Gasteiger partial charge < -0.3 is 9.80 Å². The number of nitrogens with zero attached hydrogens (tertiary/aromatic N) is 5. The third-order valence-corrected chi connectivity index (χ3v) is 6.89. The zero-order chi connectivity index (χ0) is 20.7. The van der Waals surface area contributed by atoms with Crippen molar-refractivity contribution in [3.63, 3.8) is 0 Å². The molecule has 0 aliphatic carbocycles. The first-order valence-corrected chi connectivity index (χ1v) is 10.7. The highest BCUT2D eigenvalue weighted by atomic mass is 16.1. The molecule has 4 rings (SSSR count). The second-order valence-electron chi connectivity index (χ2n) is 8.86. The Hall–Kier alpha value is -2.18. The maximum absolute atomic E-state index is 11.8. The van der Waals surface area contributed by atoms with Crippen molar-refractivity contribution in [2.24, 2.45) is 7.05 Å². The van der Waals surface area contributed by atoms with Gasteiger partial charge in [0.15, 0.2) is 0 Å². The van der Waals surface area contributed by atoms with Crippen LogP contribution in [0.25, 0.3) is 0 Å². The summed E-state index contributed by atoms with van der Waals surface area (Å²) >= 11 is 0. The molecule has 3 aliphatic rings. The highest BCUT2D eigenvalue weighted by molar-refractivity contribution is 5.82. The zero-order valence-corrected chi connectivity index (χ0v) is 18.3. The summed E-state index contributed by atoms with van der Waals surface area (Å²) in [6, 6.07) is 3.05. The molecule has 1 aromatic heterocycles. The van der Waals surface area contributed by atoms with E-state index < -0.39 is 0 Å². The predicted molar refractivity (Wildman–Crippen MR) is 115 cm³/mol. The minimum absolute atomic E-state index is 0.253. The van der Waals surface area contributed by atoms with Gasteiger partial charge in [-0.3, -0.25) is 14.4 Å². The minimum Gasteiger partial charge on any atom is -0.343 e. The Kier molecular flexibility index (Phi) is 5.49. The number of hydrogen-bond acceptors (Lipinski definition) is 5. The minimum atomic E-state index is 0.253. The molecule has 1 saturated heterocycles. The topological polar surface area (TPSA) is 44.6 Å². The van der Waals surface area contributed by atoms with Crippen LogP contribution in [0.5, 0.6) is 0 Å². The Morgan fingerprint density at radius 2 is 2.00 bits per heavy atom. The molecule has 6 heteroatoms. The van der Waals surface area contributed by atoms with Crippen LogP contribution in [-0.2, 0) is 11.8 Å². The molecule has 2 atom stereocenters. The van der Waals surface area contributed by atoms with Crippen LogP contribution in [0.1, 0.15) is 38.3 Å². The lowest BCUT2D eigenvalue weighted by Gasteiger charge is -2.43. The van der Waals surface area contributed by atoms with E-state index >= 15 is 0 Å². The lowest BCUT2D eigenvalue weighted by atomic mass is 9.94. The van der Waals surface area contributed by atoms with Crippen LogP contribution >= 0.6 is 0 Å². The molecule has 156 valence electrons. The van der Waals surface area contributed by atoms with Gasteiger partial charge in [0, 0.05) is 67.8 Å². The molecule has 4 heterocycles. The van der Waals surface area contributed by atoms with Crippen molar-refractivity contribution in [1.82, 2.24) is 24.5 Å². The van der Waals surface area contributed by atoms with Crippen molar-refractivity contribution < 1.29 is 4.79 Å². The van der Waals surface area contributed by atoms with Crippen molar-refractivity contribution in [3.8, 4) is 0 Å². The number of carbonyl (C=O) groups excluding carboxylic acids is 1. The fraction of sp³-hybridized carbons (Fsp3) is 0.565. The standard InChI is InChI=1S/C23H33N5O/c1-16-19(15-29)13-21-12-18(22-8-9-26(5)24-22)14-28(21)23(16)17(2)27-10-6-20(7-11-27)25(3)4/h8-9,12-13,15,17-18,20H,6-7,10-11,14H2,1-5H3. The van der Waals surface area contributed by atoms with Crippen LogP contribution in [0.15, 0.2) is 47.0 Å². The molecule has 0 amide bonds. The molecule has 0 saturated carbocycles. The summed E-state index contributed by atoms with van der Waals surface area (Å²) in [6.07, 6.45) is 9.70. The number of aryl methyl sites for hydroxylation is 1. The van der Waals surface area contributed by atoms with Crippen molar-refractivity contribution in [2.75, 3.05) is 33.7 Å². The van der Waals surface area contributed by atoms with E-state index in [1.54, 1.807) is 0 Å². The zero-order valence-electron chi connectivity index (χ0n) is 18.3. The van der Waals surface area contributed by atoms with Gasteiger partial charge in [-0.2, -0.15) is 5.10 Å². The molecule has 1 aromatic rings. The summed E-state index contributed by atoms with van der Waals surface area (Å²) in [6.45, 7) is 7.48. The van der Waals surface area contributed by atoms with Crippen LogP contribution in [0, 0.1) is 0 Å². The molecule has 2 unspecified atom stereocenters. The van der Waals surface area contributed by atoms with E-state index in [-0.39, 0.29) is 12.0 Å². The Labute approximate surface area is 174 Å². The highest BCUT2D eigenvalue weighted by Gasteiger charge is 2.36. The molecule has 6 nitrogen and oxygen atoms in total. The second-order valence-corrected chi connectivity index (χ2v) is 8.86. The summed E-state index contributed by atoms with van der Waals surface area (Å²) in [4.78, 5) is 19.1. The van der Waals surface area contributed by atoms with Gasteiger partial charge in [0.25, 0.3) is 0 Å². The van der Waals surface area contributed by atoms with Gasteiger partial charge in [-0.1, -0.05) is 0 Å². The van der Waals surface area contributed by atoms with Crippen LogP contribution in [0.4, 0.5) is 0 Å². The van der Waals surface area contributed by atoms with Crippen molar-refractivity contribution in [1.29, 1.82) is 0 Å². The van der Waals surface area contributed by atoms with Gasteiger partial charge in [-0.25, -0.2) is 0 Å².